The number of halogens is 1. The van der Waals surface area contributed by atoms with E-state index in [0.29, 0.717) is 11.2 Å². The highest BCUT2D eigenvalue weighted by molar-refractivity contribution is 5.93. The van der Waals surface area contributed by atoms with Crippen molar-refractivity contribution in [1.29, 1.82) is 0 Å². The van der Waals surface area contributed by atoms with Crippen LogP contribution in [-0.4, -0.2) is 20.4 Å². The van der Waals surface area contributed by atoms with E-state index in [1.165, 1.54) is 16.7 Å². The molecule has 0 unspecified atom stereocenters. The standard InChI is InChI=1S/C17H16FN3O2/c1-10-7-8-21-14(9-10)20-15(16(21)18)17(23)19-11(2)12-5-3-4-6-13(12)22/h3-9,11,22H,1-2H3,(H,19,23)/t11-/m1/s1. The Hall–Kier alpha value is -2.89. The van der Waals surface area contributed by atoms with Crippen molar-refractivity contribution in [2.75, 3.05) is 0 Å². The van der Waals surface area contributed by atoms with Crippen LogP contribution in [0.25, 0.3) is 5.65 Å². The summed E-state index contributed by atoms with van der Waals surface area (Å²) < 4.78 is 15.6. The van der Waals surface area contributed by atoms with Crippen LogP contribution in [0.4, 0.5) is 4.39 Å². The van der Waals surface area contributed by atoms with Gasteiger partial charge in [-0.2, -0.15) is 4.39 Å². The van der Waals surface area contributed by atoms with Gasteiger partial charge in [0.1, 0.15) is 11.4 Å². The maximum atomic E-state index is 14.3. The number of amides is 1. The number of carbonyl (C=O) groups is 1. The molecular weight excluding hydrogens is 297 g/mol. The van der Waals surface area contributed by atoms with Crippen LogP contribution >= 0.6 is 0 Å². The van der Waals surface area contributed by atoms with Gasteiger partial charge in [-0.1, -0.05) is 18.2 Å². The second-order valence-electron chi connectivity index (χ2n) is 5.44. The molecule has 118 valence electrons. The number of aryl methyl sites for hydroxylation is 1. The van der Waals surface area contributed by atoms with Crippen LogP contribution in [-0.2, 0) is 0 Å². The zero-order valence-corrected chi connectivity index (χ0v) is 12.7. The average Bonchev–Trinajstić information content (AvgIpc) is 2.84. The van der Waals surface area contributed by atoms with Gasteiger partial charge in [-0.05, 0) is 37.6 Å². The minimum absolute atomic E-state index is 0.0754. The summed E-state index contributed by atoms with van der Waals surface area (Å²) in [5.74, 6) is -1.26. The van der Waals surface area contributed by atoms with Gasteiger partial charge in [0, 0.05) is 11.8 Å². The lowest BCUT2D eigenvalue weighted by Crippen LogP contribution is -2.27. The number of phenols is 1. The van der Waals surface area contributed by atoms with Gasteiger partial charge in [0.05, 0.1) is 6.04 Å². The number of nitrogens with one attached hydrogen (secondary N) is 1. The molecular formula is C17H16FN3O2. The Morgan fingerprint density at radius 3 is 2.83 bits per heavy atom. The molecule has 0 aliphatic carbocycles. The SMILES string of the molecule is Cc1ccn2c(F)c(C(=O)N[C@H](C)c3ccccc3O)nc2c1. The number of phenolic OH excluding ortho intramolecular Hbond substituents is 1. The van der Waals surface area contributed by atoms with Crippen molar-refractivity contribution in [3.63, 3.8) is 0 Å². The third-order valence-corrected chi connectivity index (χ3v) is 3.69. The third-order valence-electron chi connectivity index (χ3n) is 3.69. The number of benzene rings is 1. The molecule has 3 aromatic rings. The van der Waals surface area contributed by atoms with E-state index < -0.39 is 17.9 Å². The number of aromatic hydroxyl groups is 1. The van der Waals surface area contributed by atoms with Crippen LogP contribution in [0.15, 0.2) is 42.6 Å². The summed E-state index contributed by atoms with van der Waals surface area (Å²) in [5, 5.41) is 12.5. The molecule has 0 radical (unpaired) electrons. The number of hydrogen-bond donors (Lipinski definition) is 2. The summed E-state index contributed by atoms with van der Waals surface area (Å²) >= 11 is 0. The van der Waals surface area contributed by atoms with Gasteiger partial charge in [0.25, 0.3) is 5.91 Å². The van der Waals surface area contributed by atoms with Gasteiger partial charge in [0.2, 0.25) is 5.95 Å². The Morgan fingerprint density at radius 2 is 2.09 bits per heavy atom. The van der Waals surface area contributed by atoms with Crippen LogP contribution in [0.2, 0.25) is 0 Å². The molecule has 2 heterocycles. The average molecular weight is 313 g/mol. The number of hydrogen-bond acceptors (Lipinski definition) is 3. The number of para-hydroxylation sites is 1. The van der Waals surface area contributed by atoms with E-state index in [4.69, 9.17) is 0 Å². The van der Waals surface area contributed by atoms with Gasteiger partial charge in [-0.3, -0.25) is 9.20 Å². The van der Waals surface area contributed by atoms with E-state index in [9.17, 15) is 14.3 Å². The first-order chi connectivity index (χ1) is 11.0. The lowest BCUT2D eigenvalue weighted by Gasteiger charge is -2.14. The Labute approximate surface area is 132 Å². The van der Waals surface area contributed by atoms with E-state index >= 15 is 0 Å². The summed E-state index contributed by atoms with van der Waals surface area (Å²) in [6.07, 6.45) is 1.54. The van der Waals surface area contributed by atoms with Gasteiger partial charge in [-0.15, -0.1) is 0 Å². The van der Waals surface area contributed by atoms with Crippen molar-refractivity contribution in [3.8, 4) is 5.75 Å². The maximum Gasteiger partial charge on any atom is 0.275 e. The Bertz CT molecular complexity index is 889. The fraction of sp³-hybridized carbons (Fsp3) is 0.176. The highest BCUT2D eigenvalue weighted by Crippen LogP contribution is 2.23. The second-order valence-corrected chi connectivity index (χ2v) is 5.44. The largest absolute Gasteiger partial charge is 0.508 e. The Kier molecular flexibility index (Phi) is 3.73. The van der Waals surface area contributed by atoms with Crippen LogP contribution in [0.3, 0.4) is 0 Å². The molecule has 0 spiro atoms. The van der Waals surface area contributed by atoms with E-state index in [-0.39, 0.29) is 11.4 Å². The molecule has 1 amide bonds. The summed E-state index contributed by atoms with van der Waals surface area (Å²) in [5.41, 5.74) is 1.60. The minimum atomic E-state index is -0.706. The number of pyridine rings is 1. The molecule has 5 nitrogen and oxygen atoms in total. The highest BCUT2D eigenvalue weighted by Gasteiger charge is 2.21. The normalized spacial score (nSPS) is 12.3. The van der Waals surface area contributed by atoms with E-state index in [1.807, 2.05) is 6.92 Å². The molecule has 1 atom stereocenters. The number of fused-ring (bicyclic) bond motifs is 1. The molecule has 6 heteroatoms. The lowest BCUT2D eigenvalue weighted by atomic mass is 10.1. The zero-order valence-electron chi connectivity index (χ0n) is 12.7. The minimum Gasteiger partial charge on any atom is -0.508 e. The van der Waals surface area contributed by atoms with E-state index in [2.05, 4.69) is 10.3 Å². The Balaban J connectivity index is 1.89. The first kappa shape index (κ1) is 15.0. The molecule has 0 saturated carbocycles. The lowest BCUT2D eigenvalue weighted by molar-refractivity contribution is 0.0930. The van der Waals surface area contributed by atoms with Crippen molar-refractivity contribution in [1.82, 2.24) is 14.7 Å². The molecule has 0 bridgehead atoms. The van der Waals surface area contributed by atoms with Crippen molar-refractivity contribution >= 4 is 11.6 Å². The summed E-state index contributed by atoms with van der Waals surface area (Å²) in [6.45, 7) is 3.58. The van der Waals surface area contributed by atoms with E-state index in [1.54, 1.807) is 37.3 Å². The zero-order chi connectivity index (χ0) is 16.6. The monoisotopic (exact) mass is 313 g/mol. The van der Waals surface area contributed by atoms with Crippen molar-refractivity contribution in [2.45, 2.75) is 19.9 Å². The van der Waals surface area contributed by atoms with Crippen LogP contribution in [0.5, 0.6) is 5.75 Å². The summed E-state index contributed by atoms with van der Waals surface area (Å²) in [6, 6.07) is 9.64. The highest BCUT2D eigenvalue weighted by atomic mass is 19.1. The van der Waals surface area contributed by atoms with Crippen LogP contribution in [0, 0.1) is 12.9 Å². The third kappa shape index (κ3) is 2.75. The molecule has 3 rings (SSSR count). The van der Waals surface area contributed by atoms with Gasteiger partial charge in [-0.25, -0.2) is 4.98 Å². The number of rotatable bonds is 3. The number of carbonyl (C=O) groups excluding carboxylic acids is 1. The van der Waals surface area contributed by atoms with Gasteiger partial charge in [0.15, 0.2) is 5.69 Å². The van der Waals surface area contributed by atoms with Gasteiger partial charge < -0.3 is 10.4 Å². The fourth-order valence-corrected chi connectivity index (χ4v) is 2.46. The molecule has 0 fully saturated rings. The second kappa shape index (κ2) is 5.72. The van der Waals surface area contributed by atoms with E-state index in [0.717, 1.165) is 5.56 Å². The molecule has 0 saturated heterocycles. The molecule has 1 aromatic carbocycles. The van der Waals surface area contributed by atoms with Crippen molar-refractivity contribution in [3.05, 3.63) is 65.4 Å². The first-order valence-corrected chi connectivity index (χ1v) is 7.20. The molecule has 0 aliphatic rings. The predicted molar refractivity (Wildman–Crippen MR) is 83.9 cm³/mol. The topological polar surface area (TPSA) is 66.6 Å². The summed E-state index contributed by atoms with van der Waals surface area (Å²) in [7, 11) is 0. The first-order valence-electron chi connectivity index (χ1n) is 7.20. The quantitative estimate of drug-likeness (QED) is 0.781. The van der Waals surface area contributed by atoms with Crippen LogP contribution < -0.4 is 5.32 Å². The molecule has 23 heavy (non-hydrogen) atoms. The van der Waals surface area contributed by atoms with Crippen LogP contribution in [0.1, 0.15) is 34.6 Å². The smallest absolute Gasteiger partial charge is 0.275 e. The fourth-order valence-electron chi connectivity index (χ4n) is 2.46. The number of nitrogens with zero attached hydrogens (tertiary/aromatic N) is 2. The molecule has 2 aromatic heterocycles. The molecule has 2 N–H and O–H groups in total. The number of aromatic nitrogens is 2. The van der Waals surface area contributed by atoms with Crippen molar-refractivity contribution < 1.29 is 14.3 Å². The maximum absolute atomic E-state index is 14.3. The molecule has 0 aliphatic heterocycles. The Morgan fingerprint density at radius 1 is 1.35 bits per heavy atom. The van der Waals surface area contributed by atoms with Gasteiger partial charge >= 0.3 is 0 Å². The summed E-state index contributed by atoms with van der Waals surface area (Å²) in [4.78, 5) is 16.4. The predicted octanol–water partition coefficient (Wildman–Crippen LogP) is 2.98. The van der Waals surface area contributed by atoms with Crippen molar-refractivity contribution in [2.24, 2.45) is 0 Å². The number of imidazole rings is 1.